The summed E-state index contributed by atoms with van der Waals surface area (Å²) < 4.78 is 6.11. The number of benzene rings is 1. The van der Waals surface area contributed by atoms with Crippen LogP contribution < -0.4 is 4.74 Å². The first kappa shape index (κ1) is 13.7. The minimum Gasteiger partial charge on any atom is -0.496 e. The first-order valence-corrected chi connectivity index (χ1v) is 6.66. The second-order valence-corrected chi connectivity index (χ2v) is 5.23. The van der Waals surface area contributed by atoms with Gasteiger partial charge in [0.2, 0.25) is 0 Å². The Hall–Kier alpha value is -1.68. The number of methoxy groups -OCH3 is 1. The molecule has 0 saturated heterocycles. The topological polar surface area (TPSA) is 39.2 Å². The number of hydrogen-bond donors (Lipinski definition) is 0. The smallest absolute Gasteiger partial charge is 0.171 e. The molecule has 0 saturated carbocycles. The van der Waals surface area contributed by atoms with Crippen molar-refractivity contribution in [1.82, 2.24) is 4.98 Å². The Morgan fingerprint density at radius 3 is 2.79 bits per heavy atom. The summed E-state index contributed by atoms with van der Waals surface area (Å²) in [5, 5.41) is 0. The van der Waals surface area contributed by atoms with Crippen LogP contribution in [0.2, 0.25) is 0 Å². The van der Waals surface area contributed by atoms with E-state index in [4.69, 9.17) is 4.74 Å². The van der Waals surface area contributed by atoms with Crippen molar-refractivity contribution in [2.24, 2.45) is 0 Å². The van der Waals surface area contributed by atoms with Crippen molar-refractivity contribution in [2.75, 3.05) is 7.11 Å². The van der Waals surface area contributed by atoms with Gasteiger partial charge in [-0.2, -0.15) is 0 Å². The molecule has 4 heteroatoms. The molecule has 98 valence electrons. The predicted molar refractivity (Wildman–Crippen MR) is 77.7 cm³/mol. The van der Waals surface area contributed by atoms with E-state index in [1.165, 1.54) is 0 Å². The number of rotatable bonds is 4. The third kappa shape index (κ3) is 3.41. The fourth-order valence-electron chi connectivity index (χ4n) is 1.87. The van der Waals surface area contributed by atoms with Gasteiger partial charge in [-0.05, 0) is 46.6 Å². The zero-order valence-corrected chi connectivity index (χ0v) is 12.4. The van der Waals surface area contributed by atoms with Gasteiger partial charge in [0.05, 0.1) is 12.7 Å². The Morgan fingerprint density at radius 2 is 2.11 bits per heavy atom. The lowest BCUT2D eigenvalue weighted by atomic mass is 10.0. The van der Waals surface area contributed by atoms with Crippen molar-refractivity contribution in [2.45, 2.75) is 13.3 Å². The van der Waals surface area contributed by atoms with Gasteiger partial charge in [-0.3, -0.25) is 9.78 Å². The van der Waals surface area contributed by atoms with E-state index in [0.717, 1.165) is 15.6 Å². The summed E-state index contributed by atoms with van der Waals surface area (Å²) in [5.41, 5.74) is 2.53. The molecule has 0 aliphatic carbocycles. The van der Waals surface area contributed by atoms with Crippen LogP contribution in [0.5, 0.6) is 5.75 Å². The highest BCUT2D eigenvalue weighted by Gasteiger charge is 2.13. The second kappa shape index (κ2) is 5.97. The maximum Gasteiger partial charge on any atom is 0.171 e. The van der Waals surface area contributed by atoms with Crippen LogP contribution in [0, 0.1) is 6.92 Å². The van der Waals surface area contributed by atoms with Crippen LogP contribution in [0.4, 0.5) is 0 Å². The zero-order chi connectivity index (χ0) is 13.8. The Bertz CT molecular complexity index is 611. The Kier molecular flexibility index (Phi) is 4.32. The van der Waals surface area contributed by atoms with E-state index in [2.05, 4.69) is 20.9 Å². The summed E-state index contributed by atoms with van der Waals surface area (Å²) in [6.07, 6.45) is 3.71. The average molecular weight is 320 g/mol. The first-order valence-electron chi connectivity index (χ1n) is 5.87. The molecule has 0 unspecified atom stereocenters. The third-order valence-electron chi connectivity index (χ3n) is 2.78. The molecule has 0 aliphatic heterocycles. The number of ether oxygens (including phenoxy) is 1. The highest BCUT2D eigenvalue weighted by molar-refractivity contribution is 9.10. The standard InChI is InChI=1S/C15H14BrNO2/c1-10-3-4-15(19-2)13(5-10)14(18)7-11-6-12(16)9-17-8-11/h3-6,8-9H,7H2,1-2H3. The van der Waals surface area contributed by atoms with Crippen LogP contribution in [0.15, 0.2) is 41.1 Å². The van der Waals surface area contributed by atoms with E-state index in [0.29, 0.717) is 17.7 Å². The fourth-order valence-corrected chi connectivity index (χ4v) is 2.29. The largest absolute Gasteiger partial charge is 0.496 e. The number of carbonyl (C=O) groups excluding carboxylic acids is 1. The number of aromatic nitrogens is 1. The van der Waals surface area contributed by atoms with Crippen molar-refractivity contribution < 1.29 is 9.53 Å². The summed E-state index contributed by atoms with van der Waals surface area (Å²) >= 11 is 3.35. The SMILES string of the molecule is COc1ccc(C)cc1C(=O)Cc1cncc(Br)c1. The maximum atomic E-state index is 12.3. The minimum absolute atomic E-state index is 0.0282. The lowest BCUT2D eigenvalue weighted by molar-refractivity contribution is 0.0990. The average Bonchev–Trinajstić information content (AvgIpc) is 2.38. The summed E-state index contributed by atoms with van der Waals surface area (Å²) in [4.78, 5) is 16.4. The van der Waals surface area contributed by atoms with Crippen LogP contribution in [0.25, 0.3) is 0 Å². The minimum atomic E-state index is 0.0282. The van der Waals surface area contributed by atoms with Crippen LogP contribution in [0.3, 0.4) is 0 Å². The molecule has 2 rings (SSSR count). The third-order valence-corrected chi connectivity index (χ3v) is 3.22. The summed E-state index contributed by atoms with van der Waals surface area (Å²) in [5.74, 6) is 0.638. The number of hydrogen-bond acceptors (Lipinski definition) is 3. The van der Waals surface area contributed by atoms with Gasteiger partial charge in [-0.1, -0.05) is 11.6 Å². The maximum absolute atomic E-state index is 12.3. The number of nitrogens with zero attached hydrogens (tertiary/aromatic N) is 1. The van der Waals surface area contributed by atoms with E-state index in [9.17, 15) is 4.79 Å². The second-order valence-electron chi connectivity index (χ2n) is 4.32. The van der Waals surface area contributed by atoms with Gasteiger partial charge in [-0.25, -0.2) is 0 Å². The molecule has 1 heterocycles. The van der Waals surface area contributed by atoms with Gasteiger partial charge in [0.25, 0.3) is 0 Å². The Labute approximate surface area is 120 Å². The molecule has 0 fully saturated rings. The summed E-state index contributed by atoms with van der Waals surface area (Å²) in [7, 11) is 1.57. The molecule has 1 aromatic carbocycles. The number of carbonyl (C=O) groups is 1. The lowest BCUT2D eigenvalue weighted by Gasteiger charge is -2.08. The van der Waals surface area contributed by atoms with Crippen molar-refractivity contribution in [3.63, 3.8) is 0 Å². The van der Waals surface area contributed by atoms with Gasteiger partial charge in [-0.15, -0.1) is 0 Å². The zero-order valence-electron chi connectivity index (χ0n) is 10.8. The molecule has 0 spiro atoms. The van der Waals surface area contributed by atoms with Crippen molar-refractivity contribution in [3.05, 3.63) is 57.8 Å². The predicted octanol–water partition coefficient (Wildman–Crippen LogP) is 3.59. The van der Waals surface area contributed by atoms with Gasteiger partial charge >= 0.3 is 0 Å². The highest BCUT2D eigenvalue weighted by atomic mass is 79.9. The highest BCUT2D eigenvalue weighted by Crippen LogP contribution is 2.22. The van der Waals surface area contributed by atoms with Crippen LogP contribution in [0.1, 0.15) is 21.5 Å². The van der Waals surface area contributed by atoms with Gasteiger partial charge in [0.1, 0.15) is 5.75 Å². The van der Waals surface area contributed by atoms with Crippen molar-refractivity contribution in [3.8, 4) is 5.75 Å². The molecule has 3 nitrogen and oxygen atoms in total. The molecular formula is C15H14BrNO2. The van der Waals surface area contributed by atoms with Crippen LogP contribution >= 0.6 is 15.9 Å². The first-order chi connectivity index (χ1) is 9.10. The van der Waals surface area contributed by atoms with E-state index in [1.807, 2.05) is 31.2 Å². The molecule has 0 atom stereocenters. The number of aryl methyl sites for hydroxylation is 1. The van der Waals surface area contributed by atoms with E-state index in [-0.39, 0.29) is 5.78 Å². The molecule has 1 aromatic heterocycles. The summed E-state index contributed by atoms with van der Waals surface area (Å²) in [6.45, 7) is 1.96. The Morgan fingerprint density at radius 1 is 1.32 bits per heavy atom. The Balaban J connectivity index is 2.27. The van der Waals surface area contributed by atoms with Gasteiger partial charge < -0.3 is 4.74 Å². The molecule has 0 bridgehead atoms. The monoisotopic (exact) mass is 319 g/mol. The summed E-state index contributed by atoms with van der Waals surface area (Å²) in [6, 6.07) is 7.50. The van der Waals surface area contributed by atoms with E-state index >= 15 is 0 Å². The normalized spacial score (nSPS) is 10.3. The molecule has 2 aromatic rings. The molecule has 19 heavy (non-hydrogen) atoms. The van der Waals surface area contributed by atoms with E-state index in [1.54, 1.807) is 19.5 Å². The molecular weight excluding hydrogens is 306 g/mol. The van der Waals surface area contributed by atoms with Crippen LogP contribution in [-0.2, 0) is 6.42 Å². The lowest BCUT2D eigenvalue weighted by Crippen LogP contribution is -2.06. The van der Waals surface area contributed by atoms with Gasteiger partial charge in [0, 0.05) is 23.3 Å². The van der Waals surface area contributed by atoms with Crippen molar-refractivity contribution in [1.29, 1.82) is 0 Å². The molecule has 0 amide bonds. The molecule has 0 radical (unpaired) electrons. The quantitative estimate of drug-likeness (QED) is 0.808. The molecule has 0 aliphatic rings. The fraction of sp³-hybridized carbons (Fsp3) is 0.200. The van der Waals surface area contributed by atoms with Crippen molar-refractivity contribution >= 4 is 21.7 Å². The number of halogens is 1. The van der Waals surface area contributed by atoms with Gasteiger partial charge in [0.15, 0.2) is 5.78 Å². The van der Waals surface area contributed by atoms with Crippen LogP contribution in [-0.4, -0.2) is 17.9 Å². The number of Topliss-reactive ketones (excluding diaryl/α,β-unsaturated/α-hetero) is 1. The van der Waals surface area contributed by atoms with E-state index < -0.39 is 0 Å². The number of pyridine rings is 1. The molecule has 0 N–H and O–H groups in total. The number of ketones is 1.